The van der Waals surface area contributed by atoms with Crippen molar-refractivity contribution in [3.05, 3.63) is 29.8 Å². The Hall–Kier alpha value is -0.250. The number of carbonyl (C=O) groups excluding carboxylic acids is 1. The minimum atomic E-state index is -1.74. The maximum Gasteiger partial charge on any atom is 0.323 e. The largest absolute Gasteiger partial charge is 0.468 e. The van der Waals surface area contributed by atoms with Crippen LogP contribution in [-0.2, 0) is 39.6 Å². The van der Waals surface area contributed by atoms with Gasteiger partial charge in [-0.25, -0.2) is 0 Å². The summed E-state index contributed by atoms with van der Waals surface area (Å²) in [6, 6.07) is 7.21. The summed E-state index contributed by atoms with van der Waals surface area (Å²) in [7, 11) is 1.39. The summed E-state index contributed by atoms with van der Waals surface area (Å²) in [6.45, 7) is 7.76. The average molecular weight is 379 g/mol. The van der Waals surface area contributed by atoms with Crippen molar-refractivity contribution in [1.29, 1.82) is 0 Å². The first kappa shape index (κ1) is 19.8. The van der Waals surface area contributed by atoms with E-state index in [2.05, 4.69) is 5.09 Å². The Morgan fingerprint density at radius 2 is 1.73 bits per heavy atom. The third-order valence-corrected chi connectivity index (χ3v) is 4.76. The SMILES string of the molecule is COC(=O)C(Cc1ccc(OP(C)(C)=S)cc1)NP(C)(C)=S. The van der Waals surface area contributed by atoms with Crippen LogP contribution < -0.4 is 9.61 Å². The molecule has 0 fully saturated rings. The first-order valence-electron chi connectivity index (χ1n) is 6.74. The fourth-order valence-electron chi connectivity index (χ4n) is 1.88. The van der Waals surface area contributed by atoms with Crippen LogP contribution >= 0.6 is 12.5 Å². The van der Waals surface area contributed by atoms with Gasteiger partial charge in [0.05, 0.1) is 7.11 Å². The van der Waals surface area contributed by atoms with Crippen molar-refractivity contribution >= 4 is 42.0 Å². The second-order valence-electron chi connectivity index (χ2n) is 5.75. The Morgan fingerprint density at radius 1 is 1.18 bits per heavy atom. The summed E-state index contributed by atoms with van der Waals surface area (Å²) in [4.78, 5) is 11.9. The molecule has 0 saturated heterocycles. The lowest BCUT2D eigenvalue weighted by Gasteiger charge is -2.22. The quantitative estimate of drug-likeness (QED) is 0.581. The summed E-state index contributed by atoms with van der Waals surface area (Å²) in [5, 5.41) is 3.22. The van der Waals surface area contributed by atoms with E-state index in [1.54, 1.807) is 0 Å². The molecule has 0 amide bonds. The molecule has 0 aliphatic rings. The van der Waals surface area contributed by atoms with Gasteiger partial charge in [-0.15, -0.1) is 0 Å². The number of hydrogen-bond acceptors (Lipinski definition) is 5. The summed E-state index contributed by atoms with van der Waals surface area (Å²) in [5.41, 5.74) is 1.01. The highest BCUT2D eigenvalue weighted by Crippen LogP contribution is 2.39. The minimum Gasteiger partial charge on any atom is -0.468 e. The Morgan fingerprint density at radius 3 is 2.14 bits per heavy atom. The van der Waals surface area contributed by atoms with E-state index in [1.165, 1.54) is 7.11 Å². The van der Waals surface area contributed by atoms with Crippen molar-refractivity contribution in [2.24, 2.45) is 0 Å². The van der Waals surface area contributed by atoms with E-state index in [9.17, 15) is 4.79 Å². The minimum absolute atomic E-state index is 0.295. The molecule has 22 heavy (non-hydrogen) atoms. The molecule has 1 atom stereocenters. The van der Waals surface area contributed by atoms with Gasteiger partial charge >= 0.3 is 5.97 Å². The first-order chi connectivity index (χ1) is 10.00. The number of methoxy groups -OCH3 is 1. The Bertz CT molecular complexity index is 607. The van der Waals surface area contributed by atoms with Crippen LogP contribution in [-0.4, -0.2) is 45.8 Å². The van der Waals surface area contributed by atoms with E-state index in [-0.39, 0.29) is 5.97 Å². The number of benzene rings is 1. The number of esters is 1. The van der Waals surface area contributed by atoms with Gasteiger partial charge in [0.1, 0.15) is 18.1 Å². The lowest BCUT2D eigenvalue weighted by atomic mass is 10.1. The van der Waals surface area contributed by atoms with Crippen molar-refractivity contribution in [2.45, 2.75) is 12.5 Å². The van der Waals surface area contributed by atoms with E-state index < -0.39 is 18.5 Å². The fourth-order valence-corrected chi connectivity index (χ4v) is 4.09. The number of ether oxygens (including phenoxy) is 1. The van der Waals surface area contributed by atoms with Gasteiger partial charge in [-0.3, -0.25) is 9.88 Å². The normalized spacial score (nSPS) is 13.5. The zero-order chi connectivity index (χ0) is 17.0. The van der Waals surface area contributed by atoms with Crippen LogP contribution in [0, 0.1) is 0 Å². The maximum absolute atomic E-state index is 11.9. The van der Waals surface area contributed by atoms with E-state index in [0.29, 0.717) is 6.42 Å². The molecule has 0 aliphatic heterocycles. The molecule has 0 saturated carbocycles. The first-order valence-corrected chi connectivity index (χ1v) is 14.1. The molecule has 0 spiro atoms. The molecule has 4 nitrogen and oxygen atoms in total. The standard InChI is InChI=1S/C14H23NO3P2S2/c1-17-14(16)13(15-19(2,3)21)10-11-6-8-12(9-7-11)18-20(4,5)22/h6-9,13H,10H2,1-5H3,(H,15,21). The Kier molecular flexibility index (Phi) is 7.22. The predicted molar refractivity (Wildman–Crippen MR) is 102 cm³/mol. The van der Waals surface area contributed by atoms with E-state index in [0.717, 1.165) is 11.3 Å². The molecule has 8 heteroatoms. The van der Waals surface area contributed by atoms with Crippen LogP contribution in [0.15, 0.2) is 24.3 Å². The highest BCUT2D eigenvalue weighted by Gasteiger charge is 2.22. The highest BCUT2D eigenvalue weighted by atomic mass is 32.4. The van der Waals surface area contributed by atoms with Crippen LogP contribution in [0.2, 0.25) is 0 Å². The van der Waals surface area contributed by atoms with Crippen molar-refractivity contribution in [1.82, 2.24) is 5.09 Å². The molecule has 0 bridgehead atoms. The molecular formula is C14H23NO3P2S2. The van der Waals surface area contributed by atoms with Crippen LogP contribution in [0.3, 0.4) is 0 Å². The predicted octanol–water partition coefficient (Wildman–Crippen LogP) is 3.05. The van der Waals surface area contributed by atoms with Gasteiger partial charge in [-0.2, -0.15) is 0 Å². The zero-order valence-corrected chi connectivity index (χ0v) is 17.0. The molecule has 0 aliphatic carbocycles. The van der Waals surface area contributed by atoms with Crippen molar-refractivity contribution < 1.29 is 14.1 Å². The second-order valence-corrected chi connectivity index (χ2v) is 16.8. The van der Waals surface area contributed by atoms with Gasteiger partial charge in [0, 0.05) is 6.19 Å². The molecule has 1 aromatic carbocycles. The van der Waals surface area contributed by atoms with Crippen molar-refractivity contribution in [2.75, 3.05) is 33.8 Å². The van der Waals surface area contributed by atoms with Crippen LogP contribution in [0.4, 0.5) is 0 Å². The average Bonchev–Trinajstić information content (AvgIpc) is 2.36. The van der Waals surface area contributed by atoms with Gasteiger partial charge in [0.15, 0.2) is 0 Å². The van der Waals surface area contributed by atoms with Crippen LogP contribution in [0.5, 0.6) is 5.75 Å². The monoisotopic (exact) mass is 379 g/mol. The smallest absolute Gasteiger partial charge is 0.323 e. The lowest BCUT2D eigenvalue weighted by molar-refractivity contribution is -0.142. The van der Waals surface area contributed by atoms with Gasteiger partial charge < -0.3 is 9.26 Å². The van der Waals surface area contributed by atoms with E-state index >= 15 is 0 Å². The van der Waals surface area contributed by atoms with E-state index in [4.69, 9.17) is 32.9 Å². The summed E-state index contributed by atoms with van der Waals surface area (Å²) in [5.74, 6) is 0.464. The molecule has 1 aromatic rings. The molecule has 1 unspecified atom stereocenters. The number of rotatable bonds is 7. The molecular weight excluding hydrogens is 356 g/mol. The number of nitrogens with one attached hydrogen (secondary N) is 1. The van der Waals surface area contributed by atoms with Crippen LogP contribution in [0.1, 0.15) is 5.56 Å². The number of carbonyl (C=O) groups is 1. The molecule has 0 heterocycles. The topological polar surface area (TPSA) is 47.6 Å². The summed E-state index contributed by atoms with van der Waals surface area (Å²) >= 11 is 10.7. The second kappa shape index (κ2) is 8.03. The van der Waals surface area contributed by atoms with E-state index in [1.807, 2.05) is 50.9 Å². The fraction of sp³-hybridized carbons (Fsp3) is 0.500. The third kappa shape index (κ3) is 7.85. The number of hydrogen-bond donors (Lipinski definition) is 1. The van der Waals surface area contributed by atoms with Crippen LogP contribution in [0.25, 0.3) is 0 Å². The summed E-state index contributed by atoms with van der Waals surface area (Å²) < 4.78 is 10.6. The Labute approximate surface area is 143 Å². The highest BCUT2D eigenvalue weighted by molar-refractivity contribution is 8.13. The molecule has 1 rings (SSSR count). The molecule has 0 aromatic heterocycles. The van der Waals surface area contributed by atoms with Crippen molar-refractivity contribution in [3.63, 3.8) is 0 Å². The molecule has 0 radical (unpaired) electrons. The Balaban J connectivity index is 2.83. The van der Waals surface area contributed by atoms with Gasteiger partial charge in [-0.05, 0) is 50.8 Å². The lowest BCUT2D eigenvalue weighted by Crippen LogP contribution is -2.37. The van der Waals surface area contributed by atoms with Gasteiger partial charge in [-0.1, -0.05) is 35.7 Å². The third-order valence-electron chi connectivity index (χ3n) is 2.64. The van der Waals surface area contributed by atoms with Gasteiger partial charge in [0.25, 0.3) is 0 Å². The molecule has 1 N–H and O–H groups in total. The summed E-state index contributed by atoms with van der Waals surface area (Å²) in [6.07, 6.45) is -2.93. The maximum atomic E-state index is 11.9. The van der Waals surface area contributed by atoms with Crippen molar-refractivity contribution in [3.8, 4) is 5.75 Å². The molecule has 124 valence electrons. The van der Waals surface area contributed by atoms with Gasteiger partial charge in [0.2, 0.25) is 0 Å². The zero-order valence-electron chi connectivity index (χ0n) is 13.5.